The van der Waals surface area contributed by atoms with E-state index < -0.39 is 6.10 Å². The monoisotopic (exact) mass is 1080 g/mol. The fourth-order valence-corrected chi connectivity index (χ4v) is 10.4. The molecule has 0 aromatic carbocycles. The molecule has 0 N–H and O–H groups in total. The number of rotatable bonds is 64. The second kappa shape index (κ2) is 66.1. The molecule has 0 heterocycles. The summed E-state index contributed by atoms with van der Waals surface area (Å²) in [4.78, 5) is 38.4. The Kier molecular flexibility index (Phi) is 64.1. The van der Waals surface area contributed by atoms with Crippen LogP contribution in [0, 0.1) is 0 Å². The second-order valence-electron chi connectivity index (χ2n) is 23.4. The Labute approximate surface area is 480 Å². The summed E-state index contributed by atoms with van der Waals surface area (Å²) in [5.41, 5.74) is 0. The predicted octanol–water partition coefficient (Wildman–Crippen LogP) is 23.6. The zero-order valence-electron chi connectivity index (χ0n) is 52.0. The molecule has 0 spiro atoms. The quantitative estimate of drug-likeness (QED) is 0.0261. The maximum atomic E-state index is 12.9. The van der Waals surface area contributed by atoms with Crippen LogP contribution in [-0.4, -0.2) is 37.2 Å². The van der Waals surface area contributed by atoms with Crippen LogP contribution in [0.15, 0.2) is 36.5 Å². The lowest BCUT2D eigenvalue weighted by Gasteiger charge is -2.18. The van der Waals surface area contributed by atoms with Gasteiger partial charge in [0.05, 0.1) is 0 Å². The second-order valence-corrected chi connectivity index (χ2v) is 23.4. The molecule has 0 aromatic rings. The van der Waals surface area contributed by atoms with Crippen LogP contribution in [0.2, 0.25) is 0 Å². The first kappa shape index (κ1) is 74.6. The SMILES string of the molecule is CCCCCCCC/C=C\CCCCCCCCCCCC(=O)OCC(COC(=O)CCCCCCCCCCC/C=C\CCCCCCCCCC)OC(=O)CCCCCCCCCCC/C=C\CCCCCCCC. The number of allylic oxidation sites excluding steroid dienone is 6. The van der Waals surface area contributed by atoms with Gasteiger partial charge in [-0.05, 0) is 96.3 Å². The van der Waals surface area contributed by atoms with Gasteiger partial charge in [0.2, 0.25) is 0 Å². The highest BCUT2D eigenvalue weighted by Crippen LogP contribution is 2.17. The Morgan fingerprint density at radius 3 is 0.649 bits per heavy atom. The molecule has 0 aliphatic rings. The third kappa shape index (κ3) is 64.3. The largest absolute Gasteiger partial charge is 0.462 e. The van der Waals surface area contributed by atoms with Crippen molar-refractivity contribution in [1.29, 1.82) is 0 Å². The lowest BCUT2D eigenvalue weighted by molar-refractivity contribution is -0.167. The van der Waals surface area contributed by atoms with Crippen molar-refractivity contribution in [1.82, 2.24) is 0 Å². The molecule has 0 amide bonds. The highest BCUT2D eigenvalue weighted by atomic mass is 16.6. The number of carbonyl (C=O) groups excluding carboxylic acids is 3. The standard InChI is InChI=1S/C71H132O6/c1-4-7-10-13-16-19-22-25-28-31-34-35-38-40-43-46-49-52-55-58-61-64-70(73)76-67-68(77-71(74)65-62-59-56-53-50-47-44-41-37-33-30-27-24-21-18-15-12-9-6-3)66-75-69(72)63-60-57-54-51-48-45-42-39-36-32-29-26-23-20-17-14-11-8-5-2/h26-27,29-31,34,68H,4-25,28,32-33,35-67H2,1-3H3/b29-26-,30-27-,34-31-. The Morgan fingerprint density at radius 1 is 0.247 bits per heavy atom. The maximum absolute atomic E-state index is 12.9. The Hall–Kier alpha value is -2.37. The zero-order chi connectivity index (χ0) is 55.7. The van der Waals surface area contributed by atoms with Crippen LogP contribution in [0.1, 0.15) is 380 Å². The molecule has 0 bridgehead atoms. The number of ether oxygens (including phenoxy) is 3. The molecule has 452 valence electrons. The average molecular weight is 1080 g/mol. The summed E-state index contributed by atoms with van der Waals surface area (Å²) in [6.07, 6.45) is 81.5. The van der Waals surface area contributed by atoms with E-state index in [1.165, 1.54) is 283 Å². The van der Waals surface area contributed by atoms with Crippen molar-refractivity contribution < 1.29 is 28.6 Å². The molecule has 0 aliphatic heterocycles. The zero-order valence-corrected chi connectivity index (χ0v) is 52.0. The number of esters is 3. The topological polar surface area (TPSA) is 78.9 Å². The molecule has 0 aliphatic carbocycles. The summed E-state index contributed by atoms with van der Waals surface area (Å²) in [5.74, 6) is -0.850. The molecular formula is C71H132O6. The first-order valence-corrected chi connectivity index (χ1v) is 34.5. The molecule has 1 atom stereocenters. The summed E-state index contributed by atoms with van der Waals surface area (Å²) in [6, 6.07) is 0. The first-order valence-electron chi connectivity index (χ1n) is 34.5. The van der Waals surface area contributed by atoms with Crippen LogP contribution in [0.25, 0.3) is 0 Å². The summed E-state index contributed by atoms with van der Waals surface area (Å²) in [6.45, 7) is 6.70. The van der Waals surface area contributed by atoms with E-state index in [2.05, 4.69) is 57.2 Å². The van der Waals surface area contributed by atoms with Gasteiger partial charge in [0.1, 0.15) is 13.2 Å². The normalized spacial score (nSPS) is 12.2. The summed E-state index contributed by atoms with van der Waals surface area (Å²) < 4.78 is 17.0. The molecule has 0 fully saturated rings. The number of carbonyl (C=O) groups is 3. The molecule has 0 saturated heterocycles. The Balaban J connectivity index is 4.33. The predicted molar refractivity (Wildman–Crippen MR) is 335 cm³/mol. The molecular weight excluding hydrogens is 949 g/mol. The van der Waals surface area contributed by atoms with Gasteiger partial charge in [-0.2, -0.15) is 0 Å². The van der Waals surface area contributed by atoms with Crippen LogP contribution in [0.3, 0.4) is 0 Å². The first-order chi connectivity index (χ1) is 38.0. The minimum Gasteiger partial charge on any atom is -0.462 e. The number of unbranched alkanes of at least 4 members (excludes halogenated alkanes) is 47. The van der Waals surface area contributed by atoms with E-state index in [1.807, 2.05) is 0 Å². The van der Waals surface area contributed by atoms with E-state index in [-0.39, 0.29) is 31.1 Å². The van der Waals surface area contributed by atoms with Gasteiger partial charge in [-0.25, -0.2) is 0 Å². The average Bonchev–Trinajstić information content (AvgIpc) is 3.43. The third-order valence-corrected chi connectivity index (χ3v) is 15.6. The molecule has 6 nitrogen and oxygen atoms in total. The van der Waals surface area contributed by atoms with E-state index in [1.54, 1.807) is 0 Å². The van der Waals surface area contributed by atoms with Crippen LogP contribution in [0.5, 0.6) is 0 Å². The van der Waals surface area contributed by atoms with Gasteiger partial charge in [0, 0.05) is 19.3 Å². The molecule has 0 aromatic heterocycles. The van der Waals surface area contributed by atoms with Crippen molar-refractivity contribution >= 4 is 17.9 Å². The summed E-state index contributed by atoms with van der Waals surface area (Å²) in [5, 5.41) is 0. The van der Waals surface area contributed by atoms with Gasteiger partial charge in [-0.15, -0.1) is 0 Å². The smallest absolute Gasteiger partial charge is 0.306 e. The van der Waals surface area contributed by atoms with Gasteiger partial charge in [-0.3, -0.25) is 14.4 Å². The third-order valence-electron chi connectivity index (χ3n) is 15.6. The van der Waals surface area contributed by atoms with Gasteiger partial charge in [0.25, 0.3) is 0 Å². The van der Waals surface area contributed by atoms with E-state index in [4.69, 9.17) is 14.2 Å². The van der Waals surface area contributed by atoms with Crippen LogP contribution >= 0.6 is 0 Å². The van der Waals surface area contributed by atoms with Crippen LogP contribution < -0.4 is 0 Å². The van der Waals surface area contributed by atoms with Crippen molar-refractivity contribution in [3.05, 3.63) is 36.5 Å². The number of hydrogen-bond acceptors (Lipinski definition) is 6. The molecule has 77 heavy (non-hydrogen) atoms. The van der Waals surface area contributed by atoms with Gasteiger partial charge in [-0.1, -0.05) is 301 Å². The Morgan fingerprint density at radius 2 is 0.429 bits per heavy atom. The van der Waals surface area contributed by atoms with E-state index in [0.717, 1.165) is 57.8 Å². The molecule has 6 heteroatoms. The van der Waals surface area contributed by atoms with E-state index >= 15 is 0 Å². The van der Waals surface area contributed by atoms with Crippen molar-refractivity contribution in [3.8, 4) is 0 Å². The highest BCUT2D eigenvalue weighted by molar-refractivity contribution is 5.71. The van der Waals surface area contributed by atoms with Crippen molar-refractivity contribution in [2.75, 3.05) is 13.2 Å². The maximum Gasteiger partial charge on any atom is 0.306 e. The van der Waals surface area contributed by atoms with E-state index in [0.29, 0.717) is 19.3 Å². The van der Waals surface area contributed by atoms with Gasteiger partial charge in [0.15, 0.2) is 6.10 Å². The summed E-state index contributed by atoms with van der Waals surface area (Å²) in [7, 11) is 0. The van der Waals surface area contributed by atoms with E-state index in [9.17, 15) is 14.4 Å². The number of hydrogen-bond donors (Lipinski definition) is 0. The van der Waals surface area contributed by atoms with Crippen LogP contribution in [-0.2, 0) is 28.6 Å². The van der Waals surface area contributed by atoms with Crippen molar-refractivity contribution in [3.63, 3.8) is 0 Å². The molecule has 1 unspecified atom stereocenters. The minimum atomic E-state index is -0.775. The van der Waals surface area contributed by atoms with Crippen molar-refractivity contribution in [2.45, 2.75) is 386 Å². The highest BCUT2D eigenvalue weighted by Gasteiger charge is 2.19. The minimum absolute atomic E-state index is 0.0711. The molecule has 0 rings (SSSR count). The lowest BCUT2D eigenvalue weighted by Crippen LogP contribution is -2.30. The van der Waals surface area contributed by atoms with Gasteiger partial charge >= 0.3 is 17.9 Å². The van der Waals surface area contributed by atoms with Crippen molar-refractivity contribution in [2.24, 2.45) is 0 Å². The van der Waals surface area contributed by atoms with Gasteiger partial charge < -0.3 is 14.2 Å². The fraction of sp³-hybridized carbons (Fsp3) is 0.873. The molecule has 0 saturated carbocycles. The Bertz CT molecular complexity index is 1290. The van der Waals surface area contributed by atoms with Crippen LogP contribution in [0.4, 0.5) is 0 Å². The lowest BCUT2D eigenvalue weighted by atomic mass is 10.1. The fourth-order valence-electron chi connectivity index (χ4n) is 10.4. The summed E-state index contributed by atoms with van der Waals surface area (Å²) >= 11 is 0. The molecule has 0 radical (unpaired) electrons.